The molecule has 2 heterocycles. The first-order valence-electron chi connectivity index (χ1n) is 11.9. The number of guanidine groups is 1. The van der Waals surface area contributed by atoms with Crippen LogP contribution in [0, 0.1) is 19.8 Å². The number of aliphatic imine (C=N–C) groups is 1. The minimum absolute atomic E-state index is 0.476. The lowest BCUT2D eigenvalue weighted by atomic mass is 10.1. The molecule has 176 valence electrons. The molecule has 1 fully saturated rings. The van der Waals surface area contributed by atoms with Gasteiger partial charge in [-0.1, -0.05) is 24.3 Å². The Morgan fingerprint density at radius 3 is 2.91 bits per heavy atom. The molecule has 0 radical (unpaired) electrons. The normalized spacial score (nSPS) is 16.3. The fraction of sp³-hybridized carbons (Fsp3) is 0.462. The molecule has 2 aromatic carbocycles. The van der Waals surface area contributed by atoms with Gasteiger partial charge < -0.3 is 24.7 Å². The van der Waals surface area contributed by atoms with E-state index in [-0.39, 0.29) is 0 Å². The van der Waals surface area contributed by atoms with Crippen LogP contribution in [-0.2, 0) is 17.8 Å². The van der Waals surface area contributed by atoms with Crippen LogP contribution in [-0.4, -0.2) is 48.4 Å². The monoisotopic (exact) mass is 449 g/mol. The SMILES string of the molecule is CCNC(=NCc1ccc(C)cc1OCC1CCOC1)NCCn1c(C)nc2ccccc21. The number of imidazole rings is 1. The van der Waals surface area contributed by atoms with E-state index in [4.69, 9.17) is 14.5 Å². The van der Waals surface area contributed by atoms with Gasteiger partial charge in [-0.25, -0.2) is 9.98 Å². The van der Waals surface area contributed by atoms with Crippen LogP contribution in [0.5, 0.6) is 5.75 Å². The summed E-state index contributed by atoms with van der Waals surface area (Å²) in [6, 6.07) is 14.6. The fourth-order valence-corrected chi connectivity index (χ4v) is 4.12. The highest BCUT2D eigenvalue weighted by Crippen LogP contribution is 2.23. The van der Waals surface area contributed by atoms with Crippen molar-refractivity contribution in [3.63, 3.8) is 0 Å². The van der Waals surface area contributed by atoms with E-state index in [2.05, 4.69) is 77.4 Å². The molecule has 0 saturated carbocycles. The third-order valence-electron chi connectivity index (χ3n) is 5.95. The van der Waals surface area contributed by atoms with Crippen molar-refractivity contribution in [2.75, 3.05) is 32.9 Å². The fourth-order valence-electron chi connectivity index (χ4n) is 4.12. The second-order valence-electron chi connectivity index (χ2n) is 8.57. The maximum absolute atomic E-state index is 6.18. The van der Waals surface area contributed by atoms with Crippen LogP contribution < -0.4 is 15.4 Å². The Morgan fingerprint density at radius 2 is 2.09 bits per heavy atom. The highest BCUT2D eigenvalue weighted by atomic mass is 16.5. The first-order chi connectivity index (χ1) is 16.1. The maximum Gasteiger partial charge on any atom is 0.191 e. The minimum atomic E-state index is 0.476. The molecule has 33 heavy (non-hydrogen) atoms. The van der Waals surface area contributed by atoms with Gasteiger partial charge in [-0.15, -0.1) is 0 Å². The molecule has 1 aliphatic rings. The van der Waals surface area contributed by atoms with E-state index >= 15 is 0 Å². The maximum atomic E-state index is 6.18. The molecule has 7 heteroatoms. The zero-order chi connectivity index (χ0) is 23.0. The van der Waals surface area contributed by atoms with E-state index in [0.29, 0.717) is 19.1 Å². The Kier molecular flexibility index (Phi) is 7.83. The smallest absolute Gasteiger partial charge is 0.191 e. The zero-order valence-electron chi connectivity index (χ0n) is 19.9. The molecule has 0 bridgehead atoms. The van der Waals surface area contributed by atoms with Crippen LogP contribution in [0.15, 0.2) is 47.5 Å². The van der Waals surface area contributed by atoms with Crippen molar-refractivity contribution < 1.29 is 9.47 Å². The largest absolute Gasteiger partial charge is 0.493 e. The van der Waals surface area contributed by atoms with Crippen molar-refractivity contribution in [1.82, 2.24) is 20.2 Å². The van der Waals surface area contributed by atoms with Gasteiger partial charge in [-0.05, 0) is 51.0 Å². The van der Waals surface area contributed by atoms with Crippen molar-refractivity contribution in [2.45, 2.75) is 40.3 Å². The first kappa shape index (κ1) is 23.1. The van der Waals surface area contributed by atoms with Crippen molar-refractivity contribution in [2.24, 2.45) is 10.9 Å². The Balaban J connectivity index is 1.39. The molecule has 0 spiro atoms. The molecular weight excluding hydrogens is 414 g/mol. The number of para-hydroxylation sites is 2. The predicted octanol–water partition coefficient (Wildman–Crippen LogP) is 3.82. The second-order valence-corrected chi connectivity index (χ2v) is 8.57. The van der Waals surface area contributed by atoms with Gasteiger partial charge in [-0.2, -0.15) is 0 Å². The molecule has 1 aliphatic heterocycles. The van der Waals surface area contributed by atoms with E-state index < -0.39 is 0 Å². The summed E-state index contributed by atoms with van der Waals surface area (Å²) in [6.07, 6.45) is 1.07. The number of aryl methyl sites for hydroxylation is 2. The average molecular weight is 450 g/mol. The van der Waals surface area contributed by atoms with Crippen LogP contribution in [0.25, 0.3) is 11.0 Å². The summed E-state index contributed by atoms with van der Waals surface area (Å²) in [7, 11) is 0. The number of hydrogen-bond acceptors (Lipinski definition) is 4. The van der Waals surface area contributed by atoms with E-state index in [1.165, 1.54) is 5.56 Å². The molecule has 1 atom stereocenters. The van der Waals surface area contributed by atoms with Crippen LogP contribution >= 0.6 is 0 Å². The van der Waals surface area contributed by atoms with E-state index in [9.17, 15) is 0 Å². The molecule has 4 rings (SSSR count). The van der Waals surface area contributed by atoms with E-state index in [1.807, 2.05) is 6.07 Å². The molecule has 1 aromatic heterocycles. The summed E-state index contributed by atoms with van der Waals surface area (Å²) in [6.45, 7) is 11.5. The lowest BCUT2D eigenvalue weighted by Gasteiger charge is -2.15. The van der Waals surface area contributed by atoms with Gasteiger partial charge in [-0.3, -0.25) is 0 Å². The van der Waals surface area contributed by atoms with Gasteiger partial charge in [0.05, 0.1) is 30.8 Å². The van der Waals surface area contributed by atoms with Gasteiger partial charge in [0.25, 0.3) is 0 Å². The van der Waals surface area contributed by atoms with Gasteiger partial charge in [0, 0.05) is 37.7 Å². The quantitative estimate of drug-likeness (QED) is 0.384. The van der Waals surface area contributed by atoms with Gasteiger partial charge >= 0.3 is 0 Å². The lowest BCUT2D eigenvalue weighted by molar-refractivity contribution is 0.166. The number of nitrogens with zero attached hydrogens (tertiary/aromatic N) is 3. The van der Waals surface area contributed by atoms with Crippen molar-refractivity contribution in [3.8, 4) is 5.75 Å². The van der Waals surface area contributed by atoms with E-state index in [1.54, 1.807) is 0 Å². The summed E-state index contributed by atoms with van der Waals surface area (Å²) in [5, 5.41) is 6.81. The van der Waals surface area contributed by atoms with E-state index in [0.717, 1.165) is 73.4 Å². The standard InChI is InChI=1S/C26H35N5O2/c1-4-27-26(28-12-13-31-20(3)30-23-7-5-6-8-24(23)31)29-16-22-10-9-19(2)15-25(22)33-18-21-11-14-32-17-21/h5-10,15,21H,4,11-14,16-18H2,1-3H3,(H2,27,28,29). The van der Waals surface area contributed by atoms with Crippen LogP contribution in [0.1, 0.15) is 30.3 Å². The molecular formula is C26H35N5O2. The Morgan fingerprint density at radius 1 is 1.21 bits per heavy atom. The summed E-state index contributed by atoms with van der Waals surface area (Å²) in [5.74, 6) is 3.22. The number of aromatic nitrogens is 2. The second kappa shape index (κ2) is 11.2. The Labute approximate surface area is 196 Å². The Hall–Kier alpha value is -3.06. The molecule has 1 unspecified atom stereocenters. The lowest BCUT2D eigenvalue weighted by Crippen LogP contribution is -2.38. The zero-order valence-corrected chi connectivity index (χ0v) is 19.9. The highest BCUT2D eigenvalue weighted by molar-refractivity contribution is 5.80. The summed E-state index contributed by atoms with van der Waals surface area (Å²) in [5.41, 5.74) is 4.47. The topological polar surface area (TPSA) is 72.7 Å². The average Bonchev–Trinajstić information content (AvgIpc) is 3.44. The minimum Gasteiger partial charge on any atom is -0.493 e. The predicted molar refractivity (Wildman–Crippen MR) is 133 cm³/mol. The molecule has 0 amide bonds. The summed E-state index contributed by atoms with van der Waals surface area (Å²) >= 11 is 0. The van der Waals surface area contributed by atoms with Crippen molar-refractivity contribution in [1.29, 1.82) is 0 Å². The van der Waals surface area contributed by atoms with Gasteiger partial charge in [0.1, 0.15) is 11.6 Å². The third-order valence-corrected chi connectivity index (χ3v) is 5.95. The molecule has 3 aromatic rings. The number of nitrogens with one attached hydrogen (secondary N) is 2. The number of hydrogen-bond donors (Lipinski definition) is 2. The van der Waals surface area contributed by atoms with Crippen LogP contribution in [0.4, 0.5) is 0 Å². The number of fused-ring (bicyclic) bond motifs is 1. The number of rotatable bonds is 9. The molecule has 2 N–H and O–H groups in total. The molecule has 1 saturated heterocycles. The third kappa shape index (κ3) is 6.05. The molecule has 0 aliphatic carbocycles. The van der Waals surface area contributed by atoms with Gasteiger partial charge in [0.15, 0.2) is 5.96 Å². The first-order valence-corrected chi connectivity index (χ1v) is 11.9. The molecule has 7 nitrogen and oxygen atoms in total. The number of benzene rings is 2. The number of ether oxygens (including phenoxy) is 2. The van der Waals surface area contributed by atoms with Crippen LogP contribution in [0.2, 0.25) is 0 Å². The summed E-state index contributed by atoms with van der Waals surface area (Å²) in [4.78, 5) is 9.48. The Bertz CT molecular complexity index is 1090. The summed E-state index contributed by atoms with van der Waals surface area (Å²) < 4.78 is 13.9. The van der Waals surface area contributed by atoms with Crippen LogP contribution in [0.3, 0.4) is 0 Å². The highest BCUT2D eigenvalue weighted by Gasteiger charge is 2.17. The van der Waals surface area contributed by atoms with Gasteiger partial charge in [0.2, 0.25) is 0 Å². The van der Waals surface area contributed by atoms with Crippen molar-refractivity contribution >= 4 is 17.0 Å². The van der Waals surface area contributed by atoms with Crippen molar-refractivity contribution in [3.05, 3.63) is 59.4 Å².